The molecule has 0 fully saturated rings. The van der Waals surface area contributed by atoms with Gasteiger partial charge in [-0.25, -0.2) is 4.98 Å². The van der Waals surface area contributed by atoms with Gasteiger partial charge in [-0.2, -0.15) is 0 Å². The summed E-state index contributed by atoms with van der Waals surface area (Å²) in [5.74, 6) is 1.31. The highest BCUT2D eigenvalue weighted by atomic mass is 16.5. The number of nitrogens with one attached hydrogen (secondary N) is 1. The second kappa shape index (κ2) is 7.36. The fourth-order valence-electron chi connectivity index (χ4n) is 2.75. The number of aliphatic hydroxyl groups excluding tert-OH is 1. The largest absolute Gasteiger partial charge is 0.491 e. The van der Waals surface area contributed by atoms with Gasteiger partial charge in [-0.05, 0) is 31.2 Å². The molecule has 0 aliphatic carbocycles. The molecule has 1 amide bonds. The van der Waals surface area contributed by atoms with Crippen molar-refractivity contribution in [2.75, 3.05) is 11.9 Å². The van der Waals surface area contributed by atoms with E-state index in [-0.39, 0.29) is 12.5 Å². The highest BCUT2D eigenvalue weighted by Crippen LogP contribution is 2.19. The van der Waals surface area contributed by atoms with E-state index in [9.17, 15) is 9.90 Å². The number of hydrogen-bond donors (Lipinski definition) is 2. The van der Waals surface area contributed by atoms with Gasteiger partial charge in [0.25, 0.3) is 0 Å². The molecular weight excluding hydrogens is 318 g/mol. The number of hydrogen-bond acceptors (Lipinski definition) is 4. The molecule has 0 unspecified atom stereocenters. The van der Waals surface area contributed by atoms with Crippen molar-refractivity contribution in [1.82, 2.24) is 9.55 Å². The normalized spacial score (nSPS) is 12.1. The van der Waals surface area contributed by atoms with E-state index in [0.29, 0.717) is 18.0 Å². The first kappa shape index (κ1) is 17.0. The lowest BCUT2D eigenvalue weighted by Crippen LogP contribution is -2.24. The third-order valence-corrected chi connectivity index (χ3v) is 3.84. The monoisotopic (exact) mass is 339 g/mol. The molecular formula is C19H21N3O3. The predicted octanol–water partition coefficient (Wildman–Crippen LogP) is 2.74. The van der Waals surface area contributed by atoms with Crippen molar-refractivity contribution in [1.29, 1.82) is 0 Å². The van der Waals surface area contributed by atoms with Crippen LogP contribution in [0.2, 0.25) is 0 Å². The Hall–Kier alpha value is -2.86. The molecule has 0 spiro atoms. The lowest BCUT2D eigenvalue weighted by atomic mass is 10.3. The van der Waals surface area contributed by atoms with Crippen LogP contribution >= 0.6 is 0 Å². The molecule has 0 aliphatic heterocycles. The maximum Gasteiger partial charge on any atom is 0.221 e. The quantitative estimate of drug-likeness (QED) is 0.724. The van der Waals surface area contributed by atoms with Crippen LogP contribution in [0.3, 0.4) is 0 Å². The van der Waals surface area contributed by atoms with Crippen molar-refractivity contribution in [3.8, 4) is 5.75 Å². The number of rotatable bonds is 6. The third kappa shape index (κ3) is 4.16. The van der Waals surface area contributed by atoms with Gasteiger partial charge in [0.15, 0.2) is 0 Å². The molecule has 2 aromatic carbocycles. The number of benzene rings is 2. The molecule has 25 heavy (non-hydrogen) atoms. The number of imidazole rings is 1. The zero-order chi connectivity index (χ0) is 17.8. The van der Waals surface area contributed by atoms with Gasteiger partial charge in [-0.1, -0.05) is 18.2 Å². The lowest BCUT2D eigenvalue weighted by molar-refractivity contribution is -0.114. The molecule has 3 aromatic rings. The number of carbonyl (C=O) groups excluding carboxylic acids is 1. The van der Waals surface area contributed by atoms with Gasteiger partial charge in [-0.15, -0.1) is 0 Å². The molecule has 6 heteroatoms. The lowest BCUT2D eigenvalue weighted by Gasteiger charge is -2.15. The first-order valence-corrected chi connectivity index (χ1v) is 8.13. The molecule has 3 rings (SSSR count). The molecule has 0 aliphatic rings. The predicted molar refractivity (Wildman–Crippen MR) is 96.7 cm³/mol. The topological polar surface area (TPSA) is 76.4 Å². The SMILES string of the molecule is CC(=O)Nc1cccc(OC[C@H](O)Cn2c(C)nc3ccccc32)c1. The zero-order valence-corrected chi connectivity index (χ0v) is 14.3. The fraction of sp³-hybridized carbons (Fsp3) is 0.263. The number of nitrogens with zero attached hydrogens (tertiary/aromatic N) is 2. The first-order chi connectivity index (χ1) is 12.0. The van der Waals surface area contributed by atoms with Gasteiger partial charge >= 0.3 is 0 Å². The number of aromatic nitrogens is 2. The van der Waals surface area contributed by atoms with Crippen LogP contribution < -0.4 is 10.1 Å². The summed E-state index contributed by atoms with van der Waals surface area (Å²) >= 11 is 0. The second-order valence-corrected chi connectivity index (χ2v) is 5.93. The summed E-state index contributed by atoms with van der Waals surface area (Å²) in [6.45, 7) is 3.92. The Morgan fingerprint density at radius 3 is 2.88 bits per heavy atom. The smallest absolute Gasteiger partial charge is 0.221 e. The number of amides is 1. The third-order valence-electron chi connectivity index (χ3n) is 3.84. The highest BCUT2D eigenvalue weighted by Gasteiger charge is 2.12. The highest BCUT2D eigenvalue weighted by molar-refractivity contribution is 5.88. The number of carbonyl (C=O) groups is 1. The van der Waals surface area contributed by atoms with Gasteiger partial charge in [0, 0.05) is 18.7 Å². The fourth-order valence-corrected chi connectivity index (χ4v) is 2.75. The van der Waals surface area contributed by atoms with E-state index in [2.05, 4.69) is 10.3 Å². The van der Waals surface area contributed by atoms with Crippen LogP contribution in [-0.4, -0.2) is 33.3 Å². The summed E-state index contributed by atoms with van der Waals surface area (Å²) in [5.41, 5.74) is 2.57. The molecule has 0 radical (unpaired) electrons. The standard InChI is InChI=1S/C19H21N3O3/c1-13-20-18-8-3-4-9-19(18)22(13)11-16(24)12-25-17-7-5-6-15(10-17)21-14(2)23/h3-10,16,24H,11-12H2,1-2H3,(H,21,23)/t16-/m1/s1. The van der Waals surface area contributed by atoms with Crippen molar-refractivity contribution < 1.29 is 14.6 Å². The van der Waals surface area contributed by atoms with Gasteiger partial charge < -0.3 is 19.7 Å². The van der Waals surface area contributed by atoms with Crippen molar-refractivity contribution in [2.24, 2.45) is 0 Å². The Labute approximate surface area is 146 Å². The summed E-state index contributed by atoms with van der Waals surface area (Å²) in [7, 11) is 0. The molecule has 1 atom stereocenters. The van der Waals surface area contributed by atoms with Gasteiger partial charge in [0.1, 0.15) is 24.3 Å². The second-order valence-electron chi connectivity index (χ2n) is 5.93. The van der Waals surface area contributed by atoms with Crippen LogP contribution in [0.1, 0.15) is 12.7 Å². The van der Waals surface area contributed by atoms with Crippen molar-refractivity contribution in [2.45, 2.75) is 26.5 Å². The van der Waals surface area contributed by atoms with Gasteiger partial charge in [0.05, 0.1) is 17.6 Å². The zero-order valence-electron chi connectivity index (χ0n) is 14.3. The van der Waals surface area contributed by atoms with E-state index in [0.717, 1.165) is 16.9 Å². The average Bonchev–Trinajstić information content (AvgIpc) is 2.88. The number of anilines is 1. The summed E-state index contributed by atoms with van der Waals surface area (Å²) in [4.78, 5) is 15.6. The van der Waals surface area contributed by atoms with E-state index in [4.69, 9.17) is 4.74 Å². The number of aryl methyl sites for hydroxylation is 1. The molecule has 130 valence electrons. The maximum atomic E-state index is 11.1. The number of ether oxygens (including phenoxy) is 1. The number of fused-ring (bicyclic) bond motifs is 1. The molecule has 1 aromatic heterocycles. The van der Waals surface area contributed by atoms with Crippen LogP contribution in [-0.2, 0) is 11.3 Å². The van der Waals surface area contributed by atoms with Crippen LogP contribution in [0.5, 0.6) is 5.75 Å². The molecule has 2 N–H and O–H groups in total. The van der Waals surface area contributed by atoms with E-state index >= 15 is 0 Å². The minimum absolute atomic E-state index is 0.139. The van der Waals surface area contributed by atoms with Crippen molar-refractivity contribution in [3.05, 3.63) is 54.4 Å². The van der Waals surface area contributed by atoms with Gasteiger partial charge in [-0.3, -0.25) is 4.79 Å². The summed E-state index contributed by atoms with van der Waals surface area (Å²) in [5, 5.41) is 13.0. The molecule has 6 nitrogen and oxygen atoms in total. The van der Waals surface area contributed by atoms with E-state index in [1.54, 1.807) is 24.3 Å². The van der Waals surface area contributed by atoms with Crippen LogP contribution in [0, 0.1) is 6.92 Å². The molecule has 0 bridgehead atoms. The summed E-state index contributed by atoms with van der Waals surface area (Å²) in [6, 6.07) is 14.9. The van der Waals surface area contributed by atoms with Crippen molar-refractivity contribution in [3.63, 3.8) is 0 Å². The van der Waals surface area contributed by atoms with Crippen LogP contribution in [0.4, 0.5) is 5.69 Å². The molecule has 0 saturated heterocycles. The summed E-state index contributed by atoms with van der Waals surface area (Å²) in [6.07, 6.45) is -0.680. The average molecular weight is 339 g/mol. The Morgan fingerprint density at radius 1 is 1.28 bits per heavy atom. The van der Waals surface area contributed by atoms with Crippen LogP contribution in [0.15, 0.2) is 48.5 Å². The van der Waals surface area contributed by atoms with Crippen molar-refractivity contribution >= 4 is 22.6 Å². The van der Waals surface area contributed by atoms with E-state index in [1.807, 2.05) is 35.8 Å². The number of aliphatic hydroxyl groups is 1. The Balaban J connectivity index is 1.64. The van der Waals surface area contributed by atoms with E-state index < -0.39 is 6.10 Å². The Bertz CT molecular complexity index is 889. The molecule has 1 heterocycles. The Morgan fingerprint density at radius 2 is 2.08 bits per heavy atom. The maximum absolute atomic E-state index is 11.1. The Kier molecular flexibility index (Phi) is 5.00. The molecule has 0 saturated carbocycles. The van der Waals surface area contributed by atoms with E-state index in [1.165, 1.54) is 6.92 Å². The minimum Gasteiger partial charge on any atom is -0.491 e. The number of para-hydroxylation sites is 2. The van der Waals surface area contributed by atoms with Gasteiger partial charge in [0.2, 0.25) is 5.91 Å². The minimum atomic E-state index is -0.680. The summed E-state index contributed by atoms with van der Waals surface area (Å²) < 4.78 is 7.64. The van der Waals surface area contributed by atoms with Crippen LogP contribution in [0.25, 0.3) is 11.0 Å². The first-order valence-electron chi connectivity index (χ1n) is 8.13.